The Bertz CT molecular complexity index is 653. The molecule has 3 rings (SSSR count). The summed E-state index contributed by atoms with van der Waals surface area (Å²) in [4.78, 5) is 18.5. The standard InChI is InChI=1S/C14H17N3O2S/c1-8(18)10-4-5-17(7-10)13(19)9-2-3-11-12(6-9)20-14(15)16-11/h2-3,6,8,10,18H,4-5,7H2,1H3,(H2,15,16). The van der Waals surface area contributed by atoms with Crippen LogP contribution in [0.2, 0.25) is 0 Å². The van der Waals surface area contributed by atoms with E-state index < -0.39 is 0 Å². The molecule has 2 heterocycles. The molecule has 1 aliphatic rings. The number of anilines is 1. The molecule has 5 nitrogen and oxygen atoms in total. The zero-order valence-corrected chi connectivity index (χ0v) is 12.1. The smallest absolute Gasteiger partial charge is 0.253 e. The Labute approximate surface area is 121 Å². The zero-order chi connectivity index (χ0) is 14.3. The van der Waals surface area contributed by atoms with Crippen LogP contribution < -0.4 is 5.73 Å². The maximum absolute atomic E-state index is 12.5. The summed E-state index contributed by atoms with van der Waals surface area (Å²) in [6.45, 7) is 3.11. The lowest BCUT2D eigenvalue weighted by Crippen LogP contribution is -2.30. The highest BCUT2D eigenvalue weighted by Crippen LogP contribution is 2.26. The summed E-state index contributed by atoms with van der Waals surface area (Å²) >= 11 is 1.39. The van der Waals surface area contributed by atoms with Crippen molar-refractivity contribution in [3.63, 3.8) is 0 Å². The minimum Gasteiger partial charge on any atom is -0.393 e. The lowest BCUT2D eigenvalue weighted by atomic mass is 10.0. The Kier molecular flexibility index (Phi) is 3.35. The number of benzene rings is 1. The molecule has 0 spiro atoms. The van der Waals surface area contributed by atoms with Crippen LogP contribution in [0.15, 0.2) is 18.2 Å². The highest BCUT2D eigenvalue weighted by atomic mass is 32.1. The first-order valence-corrected chi connectivity index (χ1v) is 7.49. The number of hydrogen-bond acceptors (Lipinski definition) is 5. The van der Waals surface area contributed by atoms with Crippen molar-refractivity contribution in [2.24, 2.45) is 5.92 Å². The topological polar surface area (TPSA) is 79.5 Å². The van der Waals surface area contributed by atoms with Crippen LogP contribution in [0.5, 0.6) is 0 Å². The number of amides is 1. The molecular weight excluding hydrogens is 274 g/mol. The Balaban J connectivity index is 1.82. The van der Waals surface area contributed by atoms with E-state index in [0.717, 1.165) is 16.6 Å². The third kappa shape index (κ3) is 2.36. The van der Waals surface area contributed by atoms with Crippen LogP contribution in [0, 0.1) is 5.92 Å². The SMILES string of the molecule is CC(O)C1CCN(C(=O)c2ccc3nc(N)sc3c2)C1. The molecular formula is C14H17N3O2S. The molecule has 2 atom stereocenters. The number of aliphatic hydroxyl groups excluding tert-OH is 1. The van der Waals surface area contributed by atoms with Gasteiger partial charge in [-0.1, -0.05) is 11.3 Å². The first-order chi connectivity index (χ1) is 9.54. The summed E-state index contributed by atoms with van der Waals surface area (Å²) in [6.07, 6.45) is 0.496. The van der Waals surface area contributed by atoms with Crippen molar-refractivity contribution in [2.75, 3.05) is 18.8 Å². The highest BCUT2D eigenvalue weighted by Gasteiger charge is 2.29. The summed E-state index contributed by atoms with van der Waals surface area (Å²) in [7, 11) is 0. The molecule has 106 valence electrons. The molecule has 1 saturated heterocycles. The van der Waals surface area contributed by atoms with E-state index in [1.54, 1.807) is 13.0 Å². The van der Waals surface area contributed by atoms with Gasteiger partial charge in [0, 0.05) is 24.6 Å². The summed E-state index contributed by atoms with van der Waals surface area (Å²) in [5, 5.41) is 10.1. The minimum absolute atomic E-state index is 0.0158. The highest BCUT2D eigenvalue weighted by molar-refractivity contribution is 7.22. The van der Waals surface area contributed by atoms with Crippen molar-refractivity contribution < 1.29 is 9.90 Å². The predicted octanol–water partition coefficient (Wildman–Crippen LogP) is 1.72. The number of aliphatic hydroxyl groups is 1. The van der Waals surface area contributed by atoms with E-state index in [2.05, 4.69) is 4.98 Å². The number of nitrogens with two attached hydrogens (primary N) is 1. The molecule has 3 N–H and O–H groups in total. The minimum atomic E-state index is -0.364. The van der Waals surface area contributed by atoms with Crippen molar-refractivity contribution in [3.8, 4) is 0 Å². The van der Waals surface area contributed by atoms with E-state index in [1.165, 1.54) is 11.3 Å². The monoisotopic (exact) mass is 291 g/mol. The van der Waals surface area contributed by atoms with Gasteiger partial charge in [-0.25, -0.2) is 4.98 Å². The van der Waals surface area contributed by atoms with Crippen molar-refractivity contribution in [1.82, 2.24) is 9.88 Å². The van der Waals surface area contributed by atoms with E-state index in [0.29, 0.717) is 23.8 Å². The van der Waals surface area contributed by atoms with Crippen LogP contribution in [-0.4, -0.2) is 40.1 Å². The molecule has 1 amide bonds. The Morgan fingerprint density at radius 3 is 3.10 bits per heavy atom. The van der Waals surface area contributed by atoms with Gasteiger partial charge in [-0.15, -0.1) is 0 Å². The quantitative estimate of drug-likeness (QED) is 0.883. The number of nitrogen functional groups attached to an aromatic ring is 1. The van der Waals surface area contributed by atoms with Gasteiger partial charge in [-0.3, -0.25) is 4.79 Å². The summed E-state index contributed by atoms with van der Waals surface area (Å²) in [5.41, 5.74) is 7.16. The summed E-state index contributed by atoms with van der Waals surface area (Å²) in [5.74, 6) is 0.198. The number of likely N-dealkylation sites (tertiary alicyclic amines) is 1. The van der Waals surface area contributed by atoms with Gasteiger partial charge in [-0.2, -0.15) is 0 Å². The van der Waals surface area contributed by atoms with E-state index in [1.807, 2.05) is 17.0 Å². The average Bonchev–Trinajstić information content (AvgIpc) is 3.02. The van der Waals surface area contributed by atoms with Crippen molar-refractivity contribution in [1.29, 1.82) is 0 Å². The van der Waals surface area contributed by atoms with Gasteiger partial charge in [0.15, 0.2) is 5.13 Å². The zero-order valence-electron chi connectivity index (χ0n) is 11.2. The van der Waals surface area contributed by atoms with Crippen LogP contribution in [0.1, 0.15) is 23.7 Å². The van der Waals surface area contributed by atoms with Crippen LogP contribution in [0.3, 0.4) is 0 Å². The van der Waals surface area contributed by atoms with Crippen LogP contribution in [0.25, 0.3) is 10.2 Å². The maximum Gasteiger partial charge on any atom is 0.253 e. The number of nitrogens with zero attached hydrogens (tertiary/aromatic N) is 2. The molecule has 1 aliphatic heterocycles. The van der Waals surface area contributed by atoms with E-state index in [-0.39, 0.29) is 17.9 Å². The number of carbonyl (C=O) groups is 1. The lowest BCUT2D eigenvalue weighted by Gasteiger charge is -2.17. The second kappa shape index (κ2) is 5.03. The molecule has 1 fully saturated rings. The largest absolute Gasteiger partial charge is 0.393 e. The predicted molar refractivity (Wildman–Crippen MR) is 79.7 cm³/mol. The molecule has 0 saturated carbocycles. The second-order valence-electron chi connectivity index (χ2n) is 5.28. The van der Waals surface area contributed by atoms with Crippen molar-refractivity contribution in [3.05, 3.63) is 23.8 Å². The maximum atomic E-state index is 12.5. The van der Waals surface area contributed by atoms with Gasteiger partial charge in [-0.05, 0) is 31.5 Å². The lowest BCUT2D eigenvalue weighted by molar-refractivity contribution is 0.0762. The summed E-state index contributed by atoms with van der Waals surface area (Å²) in [6, 6.07) is 5.47. The number of fused-ring (bicyclic) bond motifs is 1. The molecule has 6 heteroatoms. The molecule has 1 aromatic heterocycles. The van der Waals surface area contributed by atoms with Gasteiger partial charge in [0.25, 0.3) is 5.91 Å². The van der Waals surface area contributed by atoms with Gasteiger partial charge in [0.05, 0.1) is 16.3 Å². The number of thiazole rings is 1. The molecule has 2 aromatic rings. The Morgan fingerprint density at radius 2 is 2.40 bits per heavy atom. The number of rotatable bonds is 2. The van der Waals surface area contributed by atoms with E-state index in [4.69, 9.17) is 5.73 Å². The first kappa shape index (κ1) is 13.3. The third-order valence-corrected chi connectivity index (χ3v) is 4.69. The van der Waals surface area contributed by atoms with Gasteiger partial charge >= 0.3 is 0 Å². The van der Waals surface area contributed by atoms with Crippen LogP contribution in [-0.2, 0) is 0 Å². The Morgan fingerprint density at radius 1 is 1.60 bits per heavy atom. The first-order valence-electron chi connectivity index (χ1n) is 6.68. The molecule has 0 radical (unpaired) electrons. The molecule has 0 bridgehead atoms. The average molecular weight is 291 g/mol. The van der Waals surface area contributed by atoms with Crippen molar-refractivity contribution >= 4 is 32.6 Å². The Hall–Kier alpha value is -1.66. The normalized spacial score (nSPS) is 20.5. The number of carbonyl (C=O) groups excluding carboxylic acids is 1. The van der Waals surface area contributed by atoms with Crippen LogP contribution in [0.4, 0.5) is 5.13 Å². The van der Waals surface area contributed by atoms with Crippen LogP contribution >= 0.6 is 11.3 Å². The summed E-state index contributed by atoms with van der Waals surface area (Å²) < 4.78 is 0.930. The van der Waals surface area contributed by atoms with E-state index >= 15 is 0 Å². The fourth-order valence-electron chi connectivity index (χ4n) is 2.62. The fraction of sp³-hybridized carbons (Fsp3) is 0.429. The van der Waals surface area contributed by atoms with Gasteiger partial charge in [0.2, 0.25) is 0 Å². The van der Waals surface area contributed by atoms with Gasteiger partial charge < -0.3 is 15.7 Å². The van der Waals surface area contributed by atoms with Gasteiger partial charge in [0.1, 0.15) is 0 Å². The second-order valence-corrected chi connectivity index (χ2v) is 6.34. The molecule has 1 aromatic carbocycles. The molecule has 2 unspecified atom stereocenters. The number of hydrogen-bond donors (Lipinski definition) is 2. The molecule has 20 heavy (non-hydrogen) atoms. The third-order valence-electron chi connectivity index (χ3n) is 3.85. The van der Waals surface area contributed by atoms with E-state index in [9.17, 15) is 9.90 Å². The van der Waals surface area contributed by atoms with Crippen molar-refractivity contribution in [2.45, 2.75) is 19.4 Å². The number of aromatic nitrogens is 1. The fourth-order valence-corrected chi connectivity index (χ4v) is 3.40. The molecule has 0 aliphatic carbocycles.